The van der Waals surface area contributed by atoms with Gasteiger partial charge in [0.2, 0.25) is 12.4 Å². The Hall–Kier alpha value is -3.31. The number of aromatic nitrogens is 3. The van der Waals surface area contributed by atoms with Crippen LogP contribution in [0, 0.1) is 0 Å². The molecule has 0 radical (unpaired) electrons. The average molecular weight is 599 g/mol. The molecular weight excluding hydrogens is 554 g/mol. The number of carbonyl (C=O) groups is 1. The lowest BCUT2D eigenvalue weighted by atomic mass is 9.93. The molecule has 11 heteroatoms. The zero-order valence-corrected chi connectivity index (χ0v) is 25.6. The van der Waals surface area contributed by atoms with Crippen LogP contribution in [0.4, 0.5) is 19.5 Å². The lowest BCUT2D eigenvalue weighted by Crippen LogP contribution is -2.49. The first-order chi connectivity index (χ1) is 20.4. The molecule has 2 aliphatic rings. The van der Waals surface area contributed by atoms with Crippen molar-refractivity contribution in [3.8, 4) is 11.1 Å². The molecule has 2 fully saturated rings. The number of nitrogens with zero attached hydrogens (tertiary/aromatic N) is 5. The number of alkyl halides is 2. The normalized spacial score (nSPS) is 20.9. The number of hydrogen-bond acceptors (Lipinski definition) is 7. The van der Waals surface area contributed by atoms with E-state index in [2.05, 4.69) is 50.2 Å². The van der Waals surface area contributed by atoms with Crippen molar-refractivity contribution >= 4 is 23.1 Å². The molecule has 1 atom stereocenters. The predicted molar refractivity (Wildman–Crippen MR) is 163 cm³/mol. The van der Waals surface area contributed by atoms with Crippen LogP contribution >= 0.6 is 0 Å². The van der Waals surface area contributed by atoms with Crippen molar-refractivity contribution in [1.29, 1.82) is 0 Å². The molecule has 2 aromatic heterocycles. The molecule has 1 amide bonds. The third kappa shape index (κ3) is 8.00. The molecule has 3 aromatic rings. The van der Waals surface area contributed by atoms with Gasteiger partial charge in [0.05, 0.1) is 6.10 Å². The number of aliphatic hydroxyl groups excluding tert-OH is 1. The number of ether oxygens (including phenoxy) is 1. The number of halogens is 2. The second-order valence-corrected chi connectivity index (χ2v) is 13.0. The van der Waals surface area contributed by atoms with Gasteiger partial charge in [-0.15, -0.1) is 0 Å². The number of fused-ring (bicyclic) bond motifs is 1. The van der Waals surface area contributed by atoms with Gasteiger partial charge in [-0.2, -0.15) is 4.98 Å². The third-order valence-corrected chi connectivity index (χ3v) is 8.23. The number of rotatable bonds is 8. The van der Waals surface area contributed by atoms with E-state index < -0.39 is 18.1 Å². The first kappa shape index (κ1) is 31.1. The Bertz CT molecular complexity index is 1370. The summed E-state index contributed by atoms with van der Waals surface area (Å²) >= 11 is 0. The van der Waals surface area contributed by atoms with Crippen LogP contribution in [0.1, 0.15) is 71.4 Å². The summed E-state index contributed by atoms with van der Waals surface area (Å²) in [5.41, 5.74) is 3.53. The lowest BCUT2D eigenvalue weighted by molar-refractivity contribution is 0.0139. The summed E-state index contributed by atoms with van der Waals surface area (Å²) in [5, 5.41) is 14.0. The highest BCUT2D eigenvalue weighted by atomic mass is 19.3. The molecule has 2 N–H and O–H groups in total. The molecule has 234 valence electrons. The Morgan fingerprint density at radius 1 is 1.09 bits per heavy atom. The number of anilines is 1. The van der Waals surface area contributed by atoms with Crippen LogP contribution in [0.3, 0.4) is 0 Å². The molecule has 0 bridgehead atoms. The van der Waals surface area contributed by atoms with Gasteiger partial charge in [-0.3, -0.25) is 4.90 Å². The number of aliphatic hydroxyl groups is 1. The van der Waals surface area contributed by atoms with Crippen LogP contribution in [0.5, 0.6) is 0 Å². The summed E-state index contributed by atoms with van der Waals surface area (Å²) in [6, 6.07) is 8.24. The zero-order valence-electron chi connectivity index (χ0n) is 25.6. The molecule has 1 aromatic carbocycles. The fraction of sp³-hybridized carbons (Fsp3) is 0.594. The Kier molecular flexibility index (Phi) is 9.51. The minimum Gasteiger partial charge on any atom is -0.444 e. The summed E-state index contributed by atoms with van der Waals surface area (Å²) < 4.78 is 33.5. The van der Waals surface area contributed by atoms with Gasteiger partial charge in [0.25, 0.3) is 0 Å². The molecule has 43 heavy (non-hydrogen) atoms. The standard InChI is InChI=1S/C32H44F2N6O3/c1-21(17-28(33)34)36-30-35-18-26-27(20-40(29(26)37-30)24-9-11-25(41)12-10-24)23-7-5-22(6-8-23)19-38-13-15-39(16-14-38)31(42)43-32(2,3)4/h5-8,18,20-21,24-25,28,41H,9-17,19H2,1-4H3,(H,35,36,37)/t21-,24?,25?/m0/s1. The number of piperazine rings is 1. The number of benzene rings is 1. The summed E-state index contributed by atoms with van der Waals surface area (Å²) in [6.45, 7) is 11.0. The maximum atomic E-state index is 12.9. The van der Waals surface area contributed by atoms with Crippen molar-refractivity contribution in [2.24, 2.45) is 0 Å². The van der Waals surface area contributed by atoms with Gasteiger partial charge in [-0.25, -0.2) is 18.6 Å². The van der Waals surface area contributed by atoms with E-state index in [1.807, 2.05) is 20.8 Å². The topological polar surface area (TPSA) is 95.8 Å². The van der Waals surface area contributed by atoms with Gasteiger partial charge in [0.15, 0.2) is 0 Å². The Morgan fingerprint density at radius 3 is 2.40 bits per heavy atom. The fourth-order valence-electron chi connectivity index (χ4n) is 5.95. The number of nitrogens with one attached hydrogen (secondary N) is 1. The van der Waals surface area contributed by atoms with Gasteiger partial charge in [0, 0.05) is 74.6 Å². The van der Waals surface area contributed by atoms with E-state index in [1.165, 1.54) is 5.56 Å². The molecule has 1 saturated carbocycles. The quantitative estimate of drug-likeness (QED) is 0.324. The zero-order chi connectivity index (χ0) is 30.7. The minimum atomic E-state index is -2.40. The number of carbonyl (C=O) groups excluding carboxylic acids is 1. The van der Waals surface area contributed by atoms with E-state index in [0.29, 0.717) is 19.0 Å². The van der Waals surface area contributed by atoms with E-state index in [9.17, 15) is 18.7 Å². The molecule has 3 heterocycles. The predicted octanol–water partition coefficient (Wildman–Crippen LogP) is 6.08. The smallest absolute Gasteiger partial charge is 0.410 e. The maximum Gasteiger partial charge on any atom is 0.410 e. The Labute approximate surface area is 252 Å². The third-order valence-electron chi connectivity index (χ3n) is 8.23. The average Bonchev–Trinajstić information content (AvgIpc) is 3.32. The maximum absolute atomic E-state index is 12.9. The van der Waals surface area contributed by atoms with Crippen molar-refractivity contribution < 1.29 is 23.4 Å². The van der Waals surface area contributed by atoms with Crippen LogP contribution in [-0.4, -0.2) is 85.9 Å². The molecule has 1 saturated heterocycles. The highest BCUT2D eigenvalue weighted by Gasteiger charge is 2.27. The van der Waals surface area contributed by atoms with E-state index in [-0.39, 0.29) is 24.7 Å². The molecule has 0 spiro atoms. The summed E-state index contributed by atoms with van der Waals surface area (Å²) in [7, 11) is 0. The van der Waals surface area contributed by atoms with Gasteiger partial charge in [-0.1, -0.05) is 24.3 Å². The van der Waals surface area contributed by atoms with Crippen molar-refractivity contribution in [1.82, 2.24) is 24.3 Å². The van der Waals surface area contributed by atoms with Gasteiger partial charge >= 0.3 is 6.09 Å². The first-order valence-electron chi connectivity index (χ1n) is 15.3. The molecular formula is C32H44F2N6O3. The van der Waals surface area contributed by atoms with E-state index >= 15 is 0 Å². The van der Waals surface area contributed by atoms with E-state index in [0.717, 1.165) is 67.5 Å². The highest BCUT2D eigenvalue weighted by molar-refractivity contribution is 5.94. The van der Waals surface area contributed by atoms with Crippen LogP contribution in [0.25, 0.3) is 22.2 Å². The molecule has 1 aliphatic heterocycles. The first-order valence-corrected chi connectivity index (χ1v) is 15.3. The van der Waals surface area contributed by atoms with Crippen LogP contribution in [-0.2, 0) is 11.3 Å². The summed E-state index contributed by atoms with van der Waals surface area (Å²) in [6.07, 6.45) is 3.87. The SMILES string of the molecule is C[C@@H](CC(F)F)Nc1ncc2c(-c3ccc(CN4CCN(C(=O)OC(C)(C)C)CC4)cc3)cn(C3CCC(O)CC3)c2n1. The summed E-state index contributed by atoms with van der Waals surface area (Å²) in [5.74, 6) is 0.338. The van der Waals surface area contributed by atoms with Crippen LogP contribution in [0.15, 0.2) is 36.7 Å². The van der Waals surface area contributed by atoms with Gasteiger partial charge in [0.1, 0.15) is 11.2 Å². The van der Waals surface area contributed by atoms with Crippen LogP contribution in [0.2, 0.25) is 0 Å². The molecule has 1 aliphatic carbocycles. The fourth-order valence-corrected chi connectivity index (χ4v) is 5.95. The Morgan fingerprint density at radius 2 is 1.77 bits per heavy atom. The number of hydrogen-bond donors (Lipinski definition) is 2. The van der Waals surface area contributed by atoms with Crippen molar-refractivity contribution in [3.63, 3.8) is 0 Å². The highest BCUT2D eigenvalue weighted by Crippen LogP contribution is 2.37. The molecule has 0 unspecified atom stereocenters. The largest absolute Gasteiger partial charge is 0.444 e. The molecule has 9 nitrogen and oxygen atoms in total. The van der Waals surface area contributed by atoms with E-state index in [4.69, 9.17) is 9.72 Å². The van der Waals surface area contributed by atoms with E-state index in [1.54, 1.807) is 18.0 Å². The van der Waals surface area contributed by atoms with Gasteiger partial charge in [-0.05, 0) is 64.5 Å². The monoisotopic (exact) mass is 598 g/mol. The molecule has 5 rings (SSSR count). The van der Waals surface area contributed by atoms with Crippen LogP contribution < -0.4 is 5.32 Å². The second kappa shape index (κ2) is 13.1. The lowest BCUT2D eigenvalue weighted by Gasteiger charge is -2.35. The van der Waals surface area contributed by atoms with Crippen molar-refractivity contribution in [2.75, 3.05) is 31.5 Å². The van der Waals surface area contributed by atoms with Crippen molar-refractivity contribution in [2.45, 2.75) is 96.6 Å². The minimum absolute atomic E-state index is 0.194. The second-order valence-electron chi connectivity index (χ2n) is 13.0. The Balaban J connectivity index is 1.31. The van der Waals surface area contributed by atoms with Gasteiger partial charge < -0.3 is 24.6 Å². The van der Waals surface area contributed by atoms with Crippen molar-refractivity contribution in [3.05, 3.63) is 42.2 Å². The summed E-state index contributed by atoms with van der Waals surface area (Å²) in [4.78, 5) is 25.8. The number of amides is 1.